The lowest BCUT2D eigenvalue weighted by molar-refractivity contribution is 0.461. The topological polar surface area (TPSA) is 30.9 Å². The van der Waals surface area contributed by atoms with Crippen LogP contribution in [-0.2, 0) is 0 Å². The zero-order valence-electron chi connectivity index (χ0n) is 8.02. The molecular weight excluding hydrogens is 160 g/mol. The van der Waals surface area contributed by atoms with Gasteiger partial charge in [-0.1, -0.05) is 0 Å². The van der Waals surface area contributed by atoms with Gasteiger partial charge in [0.25, 0.3) is 0 Å². The molecule has 72 valence electrons. The maximum absolute atomic E-state index is 5.57. The molecule has 0 spiro atoms. The Hall–Kier alpha value is -0.760. The summed E-state index contributed by atoms with van der Waals surface area (Å²) >= 11 is 0. The molecular formula is C11H18N2. The average molecular weight is 178 g/mol. The van der Waals surface area contributed by atoms with Gasteiger partial charge in [-0.15, -0.1) is 0 Å². The molecule has 1 aromatic rings. The van der Waals surface area contributed by atoms with Crippen molar-refractivity contribution in [2.75, 3.05) is 6.54 Å². The third-order valence-electron chi connectivity index (χ3n) is 3.14. The highest BCUT2D eigenvalue weighted by atomic mass is 15.0. The van der Waals surface area contributed by atoms with Crippen LogP contribution in [0.15, 0.2) is 24.5 Å². The van der Waals surface area contributed by atoms with Gasteiger partial charge in [-0.05, 0) is 50.3 Å². The van der Waals surface area contributed by atoms with Crippen LogP contribution in [-0.4, -0.2) is 11.1 Å². The lowest BCUT2D eigenvalue weighted by Crippen LogP contribution is -2.07. The maximum Gasteiger partial charge on any atom is 0.0333 e. The summed E-state index contributed by atoms with van der Waals surface area (Å²) < 4.78 is 2.34. The Labute approximate surface area is 79.7 Å². The van der Waals surface area contributed by atoms with E-state index in [0.29, 0.717) is 0 Å². The second kappa shape index (κ2) is 3.97. The number of aromatic nitrogens is 1. The Balaban J connectivity index is 1.91. The average Bonchev–Trinajstić information content (AvgIpc) is 2.70. The molecule has 0 aromatic carbocycles. The van der Waals surface area contributed by atoms with Crippen LogP contribution in [0.1, 0.15) is 31.7 Å². The summed E-state index contributed by atoms with van der Waals surface area (Å²) in [5, 5.41) is 0. The van der Waals surface area contributed by atoms with E-state index in [-0.39, 0.29) is 0 Å². The minimum Gasteiger partial charge on any atom is -0.351 e. The van der Waals surface area contributed by atoms with Crippen LogP contribution in [0.2, 0.25) is 0 Å². The fourth-order valence-electron chi connectivity index (χ4n) is 2.41. The van der Waals surface area contributed by atoms with E-state index in [1.807, 2.05) is 0 Å². The number of hydrogen-bond donors (Lipinski definition) is 1. The molecule has 1 heterocycles. The molecule has 1 aliphatic carbocycles. The summed E-state index contributed by atoms with van der Waals surface area (Å²) in [7, 11) is 0. The minimum absolute atomic E-state index is 0.742. The lowest BCUT2D eigenvalue weighted by Gasteiger charge is -2.12. The largest absolute Gasteiger partial charge is 0.351 e. The predicted molar refractivity (Wildman–Crippen MR) is 54.5 cm³/mol. The number of nitrogens with zero attached hydrogens (tertiary/aromatic N) is 1. The fraction of sp³-hybridized carbons (Fsp3) is 0.636. The van der Waals surface area contributed by atoms with Gasteiger partial charge in [0, 0.05) is 18.4 Å². The van der Waals surface area contributed by atoms with E-state index in [1.165, 1.54) is 25.7 Å². The first-order valence-corrected chi connectivity index (χ1v) is 5.22. The standard InChI is InChI=1S/C11H18N2/c12-6-5-10-3-4-11(9-10)13-7-1-2-8-13/h1-2,7-8,10-11H,3-6,9,12H2. The first-order chi connectivity index (χ1) is 6.40. The molecule has 1 aliphatic rings. The van der Waals surface area contributed by atoms with Crippen molar-refractivity contribution in [1.82, 2.24) is 4.57 Å². The molecule has 1 saturated carbocycles. The van der Waals surface area contributed by atoms with Gasteiger partial charge in [0.1, 0.15) is 0 Å². The van der Waals surface area contributed by atoms with Crippen molar-refractivity contribution in [3.8, 4) is 0 Å². The van der Waals surface area contributed by atoms with Crippen molar-refractivity contribution >= 4 is 0 Å². The summed E-state index contributed by atoms with van der Waals surface area (Å²) in [6.07, 6.45) is 9.58. The lowest BCUT2D eigenvalue weighted by atomic mass is 10.0. The van der Waals surface area contributed by atoms with Gasteiger partial charge in [0.05, 0.1) is 0 Å². The third-order valence-corrected chi connectivity index (χ3v) is 3.14. The molecule has 0 amide bonds. The van der Waals surface area contributed by atoms with Crippen LogP contribution in [0, 0.1) is 5.92 Å². The molecule has 2 rings (SSSR count). The van der Waals surface area contributed by atoms with E-state index in [9.17, 15) is 0 Å². The quantitative estimate of drug-likeness (QED) is 0.755. The molecule has 0 bridgehead atoms. The molecule has 2 N–H and O–H groups in total. The molecule has 2 heteroatoms. The molecule has 2 atom stereocenters. The second-order valence-electron chi connectivity index (χ2n) is 4.04. The van der Waals surface area contributed by atoms with E-state index in [0.717, 1.165) is 18.5 Å². The first kappa shape index (κ1) is 8.82. The summed E-state index contributed by atoms with van der Waals surface area (Å²) in [5.74, 6) is 0.873. The highest BCUT2D eigenvalue weighted by molar-refractivity contribution is 4.95. The number of hydrogen-bond acceptors (Lipinski definition) is 1. The molecule has 0 aliphatic heterocycles. The van der Waals surface area contributed by atoms with Crippen molar-refractivity contribution < 1.29 is 0 Å². The van der Waals surface area contributed by atoms with Crippen LogP contribution in [0.25, 0.3) is 0 Å². The Bertz CT molecular complexity index is 241. The van der Waals surface area contributed by atoms with Crippen LogP contribution >= 0.6 is 0 Å². The Morgan fingerprint density at radius 1 is 1.23 bits per heavy atom. The molecule has 1 aromatic heterocycles. The van der Waals surface area contributed by atoms with E-state index in [2.05, 4.69) is 29.1 Å². The molecule has 0 saturated heterocycles. The van der Waals surface area contributed by atoms with E-state index >= 15 is 0 Å². The predicted octanol–water partition coefficient (Wildman–Crippen LogP) is 2.18. The summed E-state index contributed by atoms with van der Waals surface area (Å²) in [6.45, 7) is 0.850. The van der Waals surface area contributed by atoms with Gasteiger partial charge in [0.15, 0.2) is 0 Å². The van der Waals surface area contributed by atoms with E-state index in [1.54, 1.807) is 0 Å². The van der Waals surface area contributed by atoms with Gasteiger partial charge >= 0.3 is 0 Å². The Kier molecular flexibility index (Phi) is 2.69. The van der Waals surface area contributed by atoms with Crippen LogP contribution in [0.4, 0.5) is 0 Å². The van der Waals surface area contributed by atoms with Crippen molar-refractivity contribution in [2.45, 2.75) is 31.7 Å². The monoisotopic (exact) mass is 178 g/mol. The fourth-order valence-corrected chi connectivity index (χ4v) is 2.41. The molecule has 13 heavy (non-hydrogen) atoms. The van der Waals surface area contributed by atoms with E-state index in [4.69, 9.17) is 5.73 Å². The zero-order valence-corrected chi connectivity index (χ0v) is 8.02. The Morgan fingerprint density at radius 3 is 2.69 bits per heavy atom. The van der Waals surface area contributed by atoms with Crippen LogP contribution in [0.5, 0.6) is 0 Å². The molecule has 2 nitrogen and oxygen atoms in total. The Morgan fingerprint density at radius 2 is 2.00 bits per heavy atom. The maximum atomic E-state index is 5.57. The van der Waals surface area contributed by atoms with Gasteiger partial charge in [-0.3, -0.25) is 0 Å². The van der Waals surface area contributed by atoms with Crippen molar-refractivity contribution in [3.05, 3.63) is 24.5 Å². The highest BCUT2D eigenvalue weighted by Gasteiger charge is 2.24. The summed E-state index contributed by atoms with van der Waals surface area (Å²) in [6, 6.07) is 4.96. The summed E-state index contributed by atoms with van der Waals surface area (Å²) in [4.78, 5) is 0. The number of nitrogens with two attached hydrogens (primary N) is 1. The number of rotatable bonds is 3. The van der Waals surface area contributed by atoms with Crippen molar-refractivity contribution in [1.29, 1.82) is 0 Å². The molecule has 2 unspecified atom stereocenters. The summed E-state index contributed by atoms with van der Waals surface area (Å²) in [5.41, 5.74) is 5.57. The van der Waals surface area contributed by atoms with Crippen LogP contribution < -0.4 is 5.73 Å². The van der Waals surface area contributed by atoms with Crippen molar-refractivity contribution in [3.63, 3.8) is 0 Å². The SMILES string of the molecule is NCCC1CCC(n2cccc2)C1. The third kappa shape index (κ3) is 1.94. The van der Waals surface area contributed by atoms with Gasteiger partial charge in [-0.2, -0.15) is 0 Å². The van der Waals surface area contributed by atoms with Gasteiger partial charge in [-0.25, -0.2) is 0 Å². The normalized spacial score (nSPS) is 28.1. The van der Waals surface area contributed by atoms with E-state index < -0.39 is 0 Å². The van der Waals surface area contributed by atoms with Gasteiger partial charge < -0.3 is 10.3 Å². The smallest absolute Gasteiger partial charge is 0.0333 e. The first-order valence-electron chi connectivity index (χ1n) is 5.22. The molecule has 1 fully saturated rings. The zero-order chi connectivity index (χ0) is 9.10. The van der Waals surface area contributed by atoms with Gasteiger partial charge in [0.2, 0.25) is 0 Å². The van der Waals surface area contributed by atoms with Crippen LogP contribution in [0.3, 0.4) is 0 Å². The van der Waals surface area contributed by atoms with Crippen molar-refractivity contribution in [2.24, 2.45) is 11.7 Å². The minimum atomic E-state index is 0.742. The highest BCUT2D eigenvalue weighted by Crippen LogP contribution is 2.35. The second-order valence-corrected chi connectivity index (χ2v) is 4.04. The molecule has 0 radical (unpaired) electrons.